The van der Waals surface area contributed by atoms with Crippen molar-refractivity contribution in [1.82, 2.24) is 10.9 Å². The second-order valence-electron chi connectivity index (χ2n) is 6.24. The predicted molar refractivity (Wildman–Crippen MR) is 110 cm³/mol. The van der Waals surface area contributed by atoms with E-state index in [1.807, 2.05) is 20.8 Å². The number of hydrazine groups is 1. The maximum atomic E-state index is 12.2. The summed E-state index contributed by atoms with van der Waals surface area (Å²) in [4.78, 5) is 24.2. The molecule has 0 aliphatic carbocycles. The van der Waals surface area contributed by atoms with Gasteiger partial charge in [0.05, 0.1) is 6.61 Å². The summed E-state index contributed by atoms with van der Waals surface area (Å²) in [6.07, 6.45) is 0. The quantitative estimate of drug-likeness (QED) is 0.480. The number of halogens is 1. The van der Waals surface area contributed by atoms with Crippen LogP contribution in [0.25, 0.3) is 0 Å². The van der Waals surface area contributed by atoms with Gasteiger partial charge < -0.3 is 14.2 Å². The Kier molecular flexibility index (Phi) is 8.76. The number of nitrogens with one attached hydrogen (secondary N) is 2. The van der Waals surface area contributed by atoms with Crippen molar-refractivity contribution in [3.05, 3.63) is 58.1 Å². The minimum absolute atomic E-state index is 0.249. The van der Waals surface area contributed by atoms with E-state index >= 15 is 0 Å². The Morgan fingerprint density at radius 2 is 1.69 bits per heavy atom. The Morgan fingerprint density at radius 3 is 2.38 bits per heavy atom. The number of amides is 2. The van der Waals surface area contributed by atoms with Gasteiger partial charge in [-0.15, -0.1) is 0 Å². The van der Waals surface area contributed by atoms with Gasteiger partial charge >= 0.3 is 0 Å². The van der Waals surface area contributed by atoms with Crippen LogP contribution < -0.4 is 20.3 Å². The molecule has 156 valence electrons. The van der Waals surface area contributed by atoms with E-state index in [0.717, 1.165) is 11.1 Å². The minimum atomic E-state index is -0.493. The van der Waals surface area contributed by atoms with Gasteiger partial charge in [-0.3, -0.25) is 20.4 Å². The van der Waals surface area contributed by atoms with Gasteiger partial charge in [-0.1, -0.05) is 17.7 Å². The molecular formula is C21H25ClN2O5. The van der Waals surface area contributed by atoms with Crippen molar-refractivity contribution in [1.29, 1.82) is 0 Å². The van der Waals surface area contributed by atoms with E-state index in [2.05, 4.69) is 10.9 Å². The van der Waals surface area contributed by atoms with Crippen LogP contribution in [0.1, 0.15) is 28.4 Å². The van der Waals surface area contributed by atoms with Crippen molar-refractivity contribution in [2.45, 2.75) is 20.8 Å². The molecule has 0 bridgehead atoms. The summed E-state index contributed by atoms with van der Waals surface area (Å²) in [5.41, 5.74) is 6.74. The van der Waals surface area contributed by atoms with Crippen molar-refractivity contribution >= 4 is 23.4 Å². The molecule has 2 aromatic carbocycles. The molecule has 0 aliphatic heterocycles. The van der Waals surface area contributed by atoms with E-state index in [1.54, 1.807) is 36.4 Å². The first-order chi connectivity index (χ1) is 13.9. The lowest BCUT2D eigenvalue weighted by Gasteiger charge is -2.11. The van der Waals surface area contributed by atoms with E-state index in [0.29, 0.717) is 41.9 Å². The molecule has 0 radical (unpaired) electrons. The molecule has 2 aromatic rings. The Bertz CT molecular complexity index is 834. The topological polar surface area (TPSA) is 85.9 Å². The monoisotopic (exact) mass is 420 g/mol. The van der Waals surface area contributed by atoms with Gasteiger partial charge in [-0.2, -0.15) is 0 Å². The van der Waals surface area contributed by atoms with E-state index in [-0.39, 0.29) is 6.61 Å². The first kappa shape index (κ1) is 22.5. The number of aryl methyl sites for hydroxylation is 2. The van der Waals surface area contributed by atoms with Crippen LogP contribution in [-0.2, 0) is 9.53 Å². The van der Waals surface area contributed by atoms with Crippen molar-refractivity contribution in [3.8, 4) is 11.5 Å². The Hall–Kier alpha value is -2.77. The number of rotatable bonds is 9. The van der Waals surface area contributed by atoms with Gasteiger partial charge in [0.2, 0.25) is 0 Å². The minimum Gasteiger partial charge on any atom is -0.491 e. The van der Waals surface area contributed by atoms with Crippen molar-refractivity contribution in [2.24, 2.45) is 0 Å². The molecule has 8 heteroatoms. The Morgan fingerprint density at radius 1 is 0.966 bits per heavy atom. The maximum absolute atomic E-state index is 12.2. The highest BCUT2D eigenvalue weighted by Gasteiger charge is 2.10. The number of carbonyl (C=O) groups is 2. The second-order valence-corrected chi connectivity index (χ2v) is 6.61. The van der Waals surface area contributed by atoms with E-state index in [4.69, 9.17) is 25.8 Å². The molecule has 2 rings (SSSR count). The summed E-state index contributed by atoms with van der Waals surface area (Å²) in [7, 11) is 0. The van der Waals surface area contributed by atoms with Crippen LogP contribution in [0.5, 0.6) is 11.5 Å². The first-order valence-electron chi connectivity index (χ1n) is 9.20. The third-order valence-corrected chi connectivity index (χ3v) is 4.49. The zero-order valence-electron chi connectivity index (χ0n) is 16.7. The Labute approximate surface area is 175 Å². The van der Waals surface area contributed by atoms with Gasteiger partial charge in [0.25, 0.3) is 11.8 Å². The van der Waals surface area contributed by atoms with Gasteiger partial charge in [0.1, 0.15) is 18.1 Å². The normalized spacial score (nSPS) is 10.3. The van der Waals surface area contributed by atoms with Crippen LogP contribution in [0.15, 0.2) is 36.4 Å². The summed E-state index contributed by atoms with van der Waals surface area (Å²) in [5.74, 6) is 0.114. The smallest absolute Gasteiger partial charge is 0.276 e. The molecule has 0 unspecified atom stereocenters. The molecule has 0 spiro atoms. The molecule has 2 amide bonds. The van der Waals surface area contributed by atoms with E-state index in [1.165, 1.54) is 0 Å². The lowest BCUT2D eigenvalue weighted by atomic mass is 10.1. The van der Waals surface area contributed by atoms with Gasteiger partial charge in [0.15, 0.2) is 6.61 Å². The van der Waals surface area contributed by atoms with Crippen LogP contribution in [0, 0.1) is 13.8 Å². The van der Waals surface area contributed by atoms with Crippen LogP contribution >= 0.6 is 11.6 Å². The zero-order chi connectivity index (χ0) is 21.2. The highest BCUT2D eigenvalue weighted by molar-refractivity contribution is 6.32. The summed E-state index contributed by atoms with van der Waals surface area (Å²) >= 11 is 6.11. The molecule has 0 aliphatic rings. The lowest BCUT2D eigenvalue weighted by molar-refractivity contribution is -0.123. The third-order valence-electron chi connectivity index (χ3n) is 3.89. The van der Waals surface area contributed by atoms with Gasteiger partial charge in [-0.25, -0.2) is 0 Å². The molecule has 29 heavy (non-hydrogen) atoms. The van der Waals surface area contributed by atoms with Crippen molar-refractivity contribution in [2.75, 3.05) is 26.4 Å². The van der Waals surface area contributed by atoms with Crippen LogP contribution in [-0.4, -0.2) is 38.2 Å². The summed E-state index contributed by atoms with van der Waals surface area (Å²) in [6, 6.07) is 10.1. The molecule has 0 saturated carbocycles. The fraction of sp³-hybridized carbons (Fsp3) is 0.333. The molecule has 0 heterocycles. The Balaban J connectivity index is 1.80. The standard InChI is InChI=1S/C21H25ClN2O5/c1-4-27-8-9-28-17-7-5-6-16(12-17)21(26)24-23-19(25)13-29-18-10-14(2)20(22)15(3)11-18/h5-7,10-12H,4,8-9,13H2,1-3H3,(H,23,25)(H,24,26). The van der Waals surface area contributed by atoms with E-state index < -0.39 is 11.8 Å². The number of ether oxygens (including phenoxy) is 3. The van der Waals surface area contributed by atoms with Crippen LogP contribution in [0.4, 0.5) is 0 Å². The van der Waals surface area contributed by atoms with Crippen molar-refractivity contribution < 1.29 is 23.8 Å². The van der Waals surface area contributed by atoms with Gasteiger partial charge in [0, 0.05) is 17.2 Å². The summed E-state index contributed by atoms with van der Waals surface area (Å²) in [5, 5.41) is 0.665. The SMILES string of the molecule is CCOCCOc1cccc(C(=O)NNC(=O)COc2cc(C)c(Cl)c(C)c2)c1. The fourth-order valence-electron chi connectivity index (χ4n) is 2.46. The molecule has 0 atom stereocenters. The van der Waals surface area contributed by atoms with Crippen molar-refractivity contribution in [3.63, 3.8) is 0 Å². The van der Waals surface area contributed by atoms with E-state index in [9.17, 15) is 9.59 Å². The second kappa shape index (κ2) is 11.3. The highest BCUT2D eigenvalue weighted by atomic mass is 35.5. The van der Waals surface area contributed by atoms with Crippen LogP contribution in [0.3, 0.4) is 0 Å². The molecule has 0 saturated heterocycles. The number of benzene rings is 2. The zero-order valence-corrected chi connectivity index (χ0v) is 17.5. The average Bonchev–Trinajstić information content (AvgIpc) is 2.72. The maximum Gasteiger partial charge on any atom is 0.276 e. The molecule has 2 N–H and O–H groups in total. The first-order valence-corrected chi connectivity index (χ1v) is 9.57. The number of hydrogen-bond donors (Lipinski definition) is 2. The van der Waals surface area contributed by atoms with Crippen LogP contribution in [0.2, 0.25) is 5.02 Å². The number of carbonyl (C=O) groups excluding carboxylic acids is 2. The third kappa shape index (κ3) is 7.29. The fourth-order valence-corrected chi connectivity index (χ4v) is 2.57. The molecular weight excluding hydrogens is 396 g/mol. The predicted octanol–water partition coefficient (Wildman–Crippen LogP) is 3.21. The number of hydrogen-bond acceptors (Lipinski definition) is 5. The van der Waals surface area contributed by atoms with Gasteiger partial charge in [-0.05, 0) is 62.2 Å². The summed E-state index contributed by atoms with van der Waals surface area (Å²) in [6.45, 7) is 6.84. The highest BCUT2D eigenvalue weighted by Crippen LogP contribution is 2.25. The molecule has 7 nitrogen and oxygen atoms in total. The average molecular weight is 421 g/mol. The molecule has 0 fully saturated rings. The lowest BCUT2D eigenvalue weighted by Crippen LogP contribution is -2.43. The summed E-state index contributed by atoms with van der Waals surface area (Å²) < 4.78 is 16.2. The largest absolute Gasteiger partial charge is 0.491 e. The molecule has 0 aromatic heterocycles.